The molecule has 1 saturated carbocycles. The number of amides is 2. The fourth-order valence-corrected chi connectivity index (χ4v) is 2.94. The summed E-state index contributed by atoms with van der Waals surface area (Å²) in [7, 11) is 0. The fourth-order valence-electron chi connectivity index (χ4n) is 2.94. The number of carbonyl (C=O) groups is 2. The molecule has 1 aliphatic carbocycles. The fraction of sp³-hybridized carbons (Fsp3) is 0.636. The maximum atomic E-state index is 12.5. The predicted octanol–water partition coefficient (Wildman–Crippen LogP) is 4.14. The van der Waals surface area contributed by atoms with E-state index in [2.05, 4.69) is 39.9 Å². The molecule has 1 fully saturated rings. The lowest BCUT2D eigenvalue weighted by Crippen LogP contribution is -2.37. The Morgan fingerprint density at radius 3 is 2.27 bits per heavy atom. The number of hydrogen-bond donors (Lipinski definition) is 1. The van der Waals surface area contributed by atoms with Crippen LogP contribution in [0.1, 0.15) is 76.2 Å². The van der Waals surface area contributed by atoms with Crippen LogP contribution in [0, 0.1) is 5.92 Å². The van der Waals surface area contributed by atoms with Gasteiger partial charge < -0.3 is 10.2 Å². The van der Waals surface area contributed by atoms with E-state index in [1.165, 1.54) is 5.56 Å². The summed E-state index contributed by atoms with van der Waals surface area (Å²) in [6, 6.07) is 8.15. The summed E-state index contributed by atoms with van der Waals surface area (Å²) in [4.78, 5) is 26.8. The molecule has 0 bridgehead atoms. The topological polar surface area (TPSA) is 49.4 Å². The molecule has 1 aliphatic rings. The van der Waals surface area contributed by atoms with Gasteiger partial charge in [-0.25, -0.2) is 0 Å². The van der Waals surface area contributed by atoms with Gasteiger partial charge >= 0.3 is 0 Å². The van der Waals surface area contributed by atoms with Crippen LogP contribution < -0.4 is 5.32 Å². The molecule has 0 unspecified atom stereocenters. The highest BCUT2D eigenvalue weighted by Crippen LogP contribution is 2.28. The van der Waals surface area contributed by atoms with Crippen LogP contribution in [0.3, 0.4) is 0 Å². The summed E-state index contributed by atoms with van der Waals surface area (Å²) in [6.07, 6.45) is 3.65. The van der Waals surface area contributed by atoms with Gasteiger partial charge in [-0.1, -0.05) is 46.8 Å². The molecule has 1 aromatic rings. The van der Waals surface area contributed by atoms with Gasteiger partial charge in [0.15, 0.2) is 0 Å². The SMILES string of the molecule is CC(C)CCN(C(=O)CCNC(=O)c1ccc(C(C)(C)C)cc1)C1CC1. The van der Waals surface area contributed by atoms with Crippen LogP contribution in [0.25, 0.3) is 0 Å². The van der Waals surface area contributed by atoms with Gasteiger partial charge in [0.2, 0.25) is 5.91 Å². The molecule has 1 N–H and O–H groups in total. The Kier molecular flexibility index (Phi) is 6.85. The molecule has 0 radical (unpaired) electrons. The van der Waals surface area contributed by atoms with Gasteiger partial charge in [0, 0.05) is 31.1 Å². The van der Waals surface area contributed by atoms with E-state index in [4.69, 9.17) is 0 Å². The van der Waals surface area contributed by atoms with Crippen LogP contribution in [0.2, 0.25) is 0 Å². The minimum atomic E-state index is -0.113. The van der Waals surface area contributed by atoms with E-state index < -0.39 is 0 Å². The lowest BCUT2D eigenvalue weighted by atomic mass is 9.87. The average Bonchev–Trinajstić information content (AvgIpc) is 3.39. The summed E-state index contributed by atoms with van der Waals surface area (Å²) in [5.74, 6) is 0.648. The first-order valence-corrected chi connectivity index (χ1v) is 9.86. The number of rotatable bonds is 8. The zero-order chi connectivity index (χ0) is 19.3. The van der Waals surface area contributed by atoms with Gasteiger partial charge in [-0.3, -0.25) is 9.59 Å². The van der Waals surface area contributed by atoms with E-state index in [1.807, 2.05) is 29.2 Å². The van der Waals surface area contributed by atoms with Crippen molar-refractivity contribution in [3.8, 4) is 0 Å². The minimum Gasteiger partial charge on any atom is -0.352 e. The Balaban J connectivity index is 1.80. The van der Waals surface area contributed by atoms with Crippen molar-refractivity contribution >= 4 is 11.8 Å². The maximum Gasteiger partial charge on any atom is 0.251 e. The first-order valence-electron chi connectivity index (χ1n) is 9.86. The van der Waals surface area contributed by atoms with E-state index in [0.29, 0.717) is 30.5 Å². The zero-order valence-corrected chi connectivity index (χ0v) is 17.0. The molecule has 4 nitrogen and oxygen atoms in total. The Morgan fingerprint density at radius 2 is 1.77 bits per heavy atom. The van der Waals surface area contributed by atoms with Gasteiger partial charge in [-0.15, -0.1) is 0 Å². The third kappa shape index (κ3) is 6.15. The van der Waals surface area contributed by atoms with Gasteiger partial charge in [-0.2, -0.15) is 0 Å². The highest BCUT2D eigenvalue weighted by molar-refractivity contribution is 5.94. The van der Waals surface area contributed by atoms with Crippen LogP contribution in [-0.4, -0.2) is 35.8 Å². The van der Waals surface area contributed by atoms with Crippen molar-refractivity contribution in [2.24, 2.45) is 5.92 Å². The number of hydrogen-bond acceptors (Lipinski definition) is 2. The molecular formula is C22H34N2O2. The normalized spacial score (nSPS) is 14.4. The highest BCUT2D eigenvalue weighted by Gasteiger charge is 2.31. The van der Waals surface area contributed by atoms with Crippen LogP contribution in [-0.2, 0) is 10.2 Å². The van der Waals surface area contributed by atoms with Crippen molar-refractivity contribution in [1.82, 2.24) is 10.2 Å². The van der Waals surface area contributed by atoms with Crippen LogP contribution in [0.4, 0.5) is 0 Å². The number of benzene rings is 1. The second-order valence-electron chi connectivity index (χ2n) is 8.83. The maximum absolute atomic E-state index is 12.5. The molecule has 0 saturated heterocycles. The lowest BCUT2D eigenvalue weighted by Gasteiger charge is -2.23. The molecule has 2 amide bonds. The van der Waals surface area contributed by atoms with E-state index in [0.717, 1.165) is 25.8 Å². The van der Waals surface area contributed by atoms with Crippen LogP contribution in [0.15, 0.2) is 24.3 Å². The number of carbonyl (C=O) groups excluding carboxylic acids is 2. The first-order chi connectivity index (χ1) is 12.2. The second-order valence-corrected chi connectivity index (χ2v) is 8.83. The molecular weight excluding hydrogens is 324 g/mol. The lowest BCUT2D eigenvalue weighted by molar-refractivity contribution is -0.131. The molecule has 1 aromatic carbocycles. The van der Waals surface area contributed by atoms with Gasteiger partial charge in [0.05, 0.1) is 0 Å². The van der Waals surface area contributed by atoms with Crippen LogP contribution in [0.5, 0.6) is 0 Å². The summed E-state index contributed by atoms with van der Waals surface area (Å²) >= 11 is 0. The average molecular weight is 359 g/mol. The summed E-state index contributed by atoms with van der Waals surface area (Å²) in [5.41, 5.74) is 1.92. The van der Waals surface area contributed by atoms with Gasteiger partial charge in [0.1, 0.15) is 0 Å². The summed E-state index contributed by atoms with van der Waals surface area (Å²) in [6.45, 7) is 12.0. The van der Waals surface area contributed by atoms with Crippen molar-refractivity contribution in [3.63, 3.8) is 0 Å². The molecule has 26 heavy (non-hydrogen) atoms. The van der Waals surface area contributed by atoms with Crippen molar-refractivity contribution in [2.75, 3.05) is 13.1 Å². The molecule has 4 heteroatoms. The van der Waals surface area contributed by atoms with E-state index >= 15 is 0 Å². The number of nitrogens with zero attached hydrogens (tertiary/aromatic N) is 1. The molecule has 2 rings (SSSR count). The van der Waals surface area contributed by atoms with Crippen molar-refractivity contribution in [2.45, 2.75) is 71.8 Å². The quantitative estimate of drug-likeness (QED) is 0.759. The third-order valence-corrected chi connectivity index (χ3v) is 4.89. The van der Waals surface area contributed by atoms with Crippen molar-refractivity contribution in [1.29, 1.82) is 0 Å². The van der Waals surface area contributed by atoms with Crippen LogP contribution >= 0.6 is 0 Å². The van der Waals surface area contributed by atoms with Crippen molar-refractivity contribution in [3.05, 3.63) is 35.4 Å². The molecule has 144 valence electrons. The Morgan fingerprint density at radius 1 is 1.15 bits per heavy atom. The van der Waals surface area contributed by atoms with Crippen molar-refractivity contribution < 1.29 is 9.59 Å². The van der Waals surface area contributed by atoms with E-state index in [9.17, 15) is 9.59 Å². The smallest absolute Gasteiger partial charge is 0.251 e. The minimum absolute atomic E-state index is 0.0731. The Bertz CT molecular complexity index is 610. The standard InChI is InChI=1S/C22H34N2O2/c1-16(2)13-15-24(19-10-11-19)20(25)12-14-23-21(26)17-6-8-18(9-7-17)22(3,4)5/h6-9,16,19H,10-15H2,1-5H3,(H,23,26). The third-order valence-electron chi connectivity index (χ3n) is 4.89. The second kappa shape index (κ2) is 8.70. The molecule has 0 atom stereocenters. The molecule has 0 heterocycles. The monoisotopic (exact) mass is 358 g/mol. The van der Waals surface area contributed by atoms with E-state index in [-0.39, 0.29) is 17.2 Å². The Labute approximate surface area is 158 Å². The summed E-state index contributed by atoms with van der Waals surface area (Å²) in [5, 5.41) is 2.88. The molecule has 0 aromatic heterocycles. The predicted molar refractivity (Wildman–Crippen MR) is 106 cm³/mol. The first kappa shape index (κ1) is 20.5. The molecule has 0 aliphatic heterocycles. The largest absolute Gasteiger partial charge is 0.352 e. The van der Waals surface area contributed by atoms with Gasteiger partial charge in [-0.05, 0) is 48.3 Å². The zero-order valence-electron chi connectivity index (χ0n) is 17.0. The number of nitrogens with one attached hydrogen (secondary N) is 1. The van der Waals surface area contributed by atoms with E-state index in [1.54, 1.807) is 0 Å². The Hall–Kier alpha value is -1.84. The highest BCUT2D eigenvalue weighted by atomic mass is 16.2. The molecule has 0 spiro atoms. The summed E-state index contributed by atoms with van der Waals surface area (Å²) < 4.78 is 0. The van der Waals surface area contributed by atoms with Gasteiger partial charge in [0.25, 0.3) is 5.91 Å².